The number of amides is 1. The van der Waals surface area contributed by atoms with Crippen molar-refractivity contribution in [3.05, 3.63) is 31.8 Å². The SMILES string of the molecule is CCc1c(-c2nnc(SCC(=O)Nc3sc4c(c3C#N)CCCC4)n2CC)csc1C. The summed E-state index contributed by atoms with van der Waals surface area (Å²) in [5.74, 6) is 0.978. The number of hydrogen-bond acceptors (Lipinski definition) is 7. The number of carbonyl (C=O) groups excluding carboxylic acids is 1. The Morgan fingerprint density at radius 2 is 2.13 bits per heavy atom. The van der Waals surface area contributed by atoms with Crippen molar-refractivity contribution in [2.75, 3.05) is 11.1 Å². The van der Waals surface area contributed by atoms with Crippen molar-refractivity contribution in [2.45, 2.75) is 64.6 Å². The second-order valence-corrected chi connectivity index (χ2v) is 10.6. The Morgan fingerprint density at radius 3 is 2.87 bits per heavy atom. The highest BCUT2D eigenvalue weighted by Gasteiger charge is 2.23. The number of aromatic nitrogens is 3. The first-order chi connectivity index (χ1) is 15.1. The average Bonchev–Trinajstić information content (AvgIpc) is 3.45. The van der Waals surface area contributed by atoms with Crippen molar-refractivity contribution in [1.82, 2.24) is 14.8 Å². The van der Waals surface area contributed by atoms with Crippen molar-refractivity contribution in [2.24, 2.45) is 0 Å². The number of fused-ring (bicyclic) bond motifs is 1. The summed E-state index contributed by atoms with van der Waals surface area (Å²) in [4.78, 5) is 15.2. The van der Waals surface area contributed by atoms with E-state index in [1.54, 1.807) is 22.7 Å². The molecule has 3 heterocycles. The van der Waals surface area contributed by atoms with E-state index in [-0.39, 0.29) is 11.7 Å². The Kier molecular flexibility index (Phi) is 6.80. The molecule has 0 unspecified atom stereocenters. The van der Waals surface area contributed by atoms with Crippen LogP contribution in [-0.4, -0.2) is 26.4 Å². The summed E-state index contributed by atoms with van der Waals surface area (Å²) in [5, 5.41) is 24.9. The van der Waals surface area contributed by atoms with Crippen LogP contribution in [0.3, 0.4) is 0 Å². The first-order valence-corrected chi connectivity index (χ1v) is 13.2. The quantitative estimate of drug-likeness (QED) is 0.464. The van der Waals surface area contributed by atoms with Gasteiger partial charge in [0.1, 0.15) is 11.1 Å². The van der Waals surface area contributed by atoms with Crippen LogP contribution in [0.4, 0.5) is 5.00 Å². The van der Waals surface area contributed by atoms with Gasteiger partial charge >= 0.3 is 0 Å². The lowest BCUT2D eigenvalue weighted by molar-refractivity contribution is -0.113. The molecular weight excluding hydrogens is 446 g/mol. The molecule has 1 amide bonds. The van der Waals surface area contributed by atoms with E-state index in [1.807, 2.05) is 0 Å². The van der Waals surface area contributed by atoms with Gasteiger partial charge in [-0.15, -0.1) is 32.9 Å². The molecule has 9 heteroatoms. The Labute approximate surface area is 194 Å². The normalized spacial score (nSPS) is 13.1. The molecular formula is C22H25N5OS3. The molecule has 0 saturated heterocycles. The molecule has 1 N–H and O–H groups in total. The van der Waals surface area contributed by atoms with Gasteiger partial charge in [-0.1, -0.05) is 18.7 Å². The highest BCUT2D eigenvalue weighted by atomic mass is 32.2. The largest absolute Gasteiger partial charge is 0.316 e. The molecule has 1 aliphatic rings. The summed E-state index contributed by atoms with van der Waals surface area (Å²) >= 11 is 4.68. The molecule has 0 bridgehead atoms. The van der Waals surface area contributed by atoms with Crippen LogP contribution < -0.4 is 5.32 Å². The lowest BCUT2D eigenvalue weighted by atomic mass is 9.96. The fraction of sp³-hybridized carbons (Fsp3) is 0.455. The van der Waals surface area contributed by atoms with Crippen molar-refractivity contribution >= 4 is 45.3 Å². The van der Waals surface area contributed by atoms with E-state index < -0.39 is 0 Å². The molecule has 0 fully saturated rings. The van der Waals surface area contributed by atoms with Crippen LogP contribution in [0.5, 0.6) is 0 Å². The zero-order valence-corrected chi connectivity index (χ0v) is 20.4. The zero-order chi connectivity index (χ0) is 22.0. The van der Waals surface area contributed by atoms with Gasteiger partial charge in [0.15, 0.2) is 11.0 Å². The summed E-state index contributed by atoms with van der Waals surface area (Å²) < 4.78 is 2.07. The van der Waals surface area contributed by atoms with Gasteiger partial charge in [0.05, 0.1) is 11.3 Å². The predicted molar refractivity (Wildman–Crippen MR) is 128 cm³/mol. The number of thiophene rings is 2. The fourth-order valence-corrected chi connectivity index (χ4v) is 7.05. The second kappa shape index (κ2) is 9.55. The van der Waals surface area contributed by atoms with Crippen LogP contribution >= 0.6 is 34.4 Å². The molecule has 0 aliphatic heterocycles. The molecule has 162 valence electrons. The Morgan fingerprint density at radius 1 is 1.32 bits per heavy atom. The Bertz CT molecular complexity index is 1150. The minimum absolute atomic E-state index is 0.118. The number of thioether (sulfide) groups is 1. The van der Waals surface area contributed by atoms with Gasteiger partial charge in [-0.25, -0.2) is 0 Å². The van der Waals surface area contributed by atoms with Crippen LogP contribution in [0.15, 0.2) is 10.5 Å². The second-order valence-electron chi connectivity index (χ2n) is 7.45. The number of rotatable bonds is 7. The molecule has 3 aromatic rings. The number of nitrogens with zero attached hydrogens (tertiary/aromatic N) is 4. The summed E-state index contributed by atoms with van der Waals surface area (Å²) in [6.45, 7) is 7.10. The van der Waals surface area contributed by atoms with Gasteiger partial charge in [-0.05, 0) is 57.1 Å². The minimum Gasteiger partial charge on any atom is -0.316 e. The van der Waals surface area contributed by atoms with Crippen molar-refractivity contribution in [3.8, 4) is 17.5 Å². The van der Waals surface area contributed by atoms with Gasteiger partial charge in [0.25, 0.3) is 0 Å². The molecule has 31 heavy (non-hydrogen) atoms. The lowest BCUT2D eigenvalue weighted by Crippen LogP contribution is -2.14. The number of anilines is 1. The number of carbonyl (C=O) groups is 1. The predicted octanol–water partition coefficient (Wildman–Crippen LogP) is 5.44. The Hall–Kier alpha value is -2.15. The molecule has 1 aliphatic carbocycles. The fourth-order valence-electron chi connectivity index (χ4n) is 4.05. The maximum atomic E-state index is 12.7. The van der Waals surface area contributed by atoms with E-state index in [9.17, 15) is 10.1 Å². The highest BCUT2D eigenvalue weighted by molar-refractivity contribution is 7.99. The van der Waals surface area contributed by atoms with E-state index in [0.717, 1.165) is 60.8 Å². The smallest absolute Gasteiger partial charge is 0.235 e. The van der Waals surface area contributed by atoms with Crippen LogP contribution in [0.2, 0.25) is 0 Å². The van der Waals surface area contributed by atoms with E-state index >= 15 is 0 Å². The van der Waals surface area contributed by atoms with Crippen molar-refractivity contribution < 1.29 is 4.79 Å². The lowest BCUT2D eigenvalue weighted by Gasteiger charge is -2.09. The van der Waals surface area contributed by atoms with E-state index in [0.29, 0.717) is 10.6 Å². The van der Waals surface area contributed by atoms with Crippen molar-refractivity contribution in [3.63, 3.8) is 0 Å². The van der Waals surface area contributed by atoms with E-state index in [1.165, 1.54) is 27.1 Å². The summed E-state index contributed by atoms with van der Waals surface area (Å²) in [6.07, 6.45) is 5.16. The third-order valence-corrected chi connectivity index (χ3v) is 8.73. The number of hydrogen-bond donors (Lipinski definition) is 1. The third-order valence-electron chi connectivity index (χ3n) is 5.60. The Balaban J connectivity index is 1.48. The molecule has 6 nitrogen and oxygen atoms in total. The first-order valence-electron chi connectivity index (χ1n) is 10.5. The summed E-state index contributed by atoms with van der Waals surface area (Å²) in [5.41, 5.74) is 4.23. The van der Waals surface area contributed by atoms with Gasteiger partial charge in [-0.3, -0.25) is 4.79 Å². The average molecular weight is 472 g/mol. The van der Waals surface area contributed by atoms with Gasteiger partial charge in [0, 0.05) is 27.2 Å². The van der Waals surface area contributed by atoms with Crippen LogP contribution in [0, 0.1) is 18.3 Å². The van der Waals surface area contributed by atoms with Gasteiger partial charge in [0.2, 0.25) is 5.91 Å². The number of nitriles is 1. The molecule has 0 atom stereocenters. The first kappa shape index (κ1) is 22.1. The van der Waals surface area contributed by atoms with E-state index in [4.69, 9.17) is 0 Å². The molecule has 0 radical (unpaired) electrons. The third kappa shape index (κ3) is 4.29. The molecule has 3 aromatic heterocycles. The number of aryl methyl sites for hydroxylation is 2. The van der Waals surface area contributed by atoms with Crippen LogP contribution in [0.1, 0.15) is 53.1 Å². The van der Waals surface area contributed by atoms with Crippen LogP contribution in [-0.2, 0) is 30.6 Å². The monoisotopic (exact) mass is 471 g/mol. The van der Waals surface area contributed by atoms with Crippen LogP contribution in [0.25, 0.3) is 11.4 Å². The number of nitrogens with one attached hydrogen (secondary N) is 1. The zero-order valence-electron chi connectivity index (χ0n) is 17.9. The maximum absolute atomic E-state index is 12.7. The minimum atomic E-state index is -0.118. The summed E-state index contributed by atoms with van der Waals surface area (Å²) in [6, 6.07) is 2.30. The standard InChI is InChI=1S/C22H25N5OS3/c1-4-14-13(3)29-11-17(14)20-25-26-22(27(20)5-2)30-12-19(28)24-21-16(10-23)15-8-6-7-9-18(15)31-21/h11H,4-9,12H2,1-3H3,(H,24,28). The van der Waals surface area contributed by atoms with Gasteiger partial charge in [-0.2, -0.15) is 5.26 Å². The topological polar surface area (TPSA) is 83.6 Å². The molecule has 0 aromatic carbocycles. The molecule has 0 saturated carbocycles. The molecule has 4 rings (SSSR count). The van der Waals surface area contributed by atoms with E-state index in [2.05, 4.69) is 52.3 Å². The molecule has 0 spiro atoms. The van der Waals surface area contributed by atoms with Gasteiger partial charge < -0.3 is 9.88 Å². The van der Waals surface area contributed by atoms with Crippen molar-refractivity contribution in [1.29, 1.82) is 5.26 Å². The summed E-state index contributed by atoms with van der Waals surface area (Å²) in [7, 11) is 0. The highest BCUT2D eigenvalue weighted by Crippen LogP contribution is 2.38. The maximum Gasteiger partial charge on any atom is 0.235 e.